The van der Waals surface area contributed by atoms with Crippen LogP contribution in [0.1, 0.15) is 5.56 Å². The molecule has 10 heteroatoms. The summed E-state index contributed by atoms with van der Waals surface area (Å²) in [6.45, 7) is 0. The van der Waals surface area contributed by atoms with Crippen molar-refractivity contribution in [1.29, 1.82) is 0 Å². The highest BCUT2D eigenvalue weighted by Crippen LogP contribution is 2.41. The highest BCUT2D eigenvalue weighted by Gasteiger charge is 2.17. The molecule has 0 radical (unpaired) electrons. The van der Waals surface area contributed by atoms with Gasteiger partial charge < -0.3 is 0 Å². The molecule has 0 spiro atoms. The van der Waals surface area contributed by atoms with E-state index in [1.54, 1.807) is 30.3 Å². The quantitative estimate of drug-likeness (QED) is 0.279. The van der Waals surface area contributed by atoms with E-state index in [2.05, 4.69) is 0 Å². The van der Waals surface area contributed by atoms with Crippen molar-refractivity contribution in [2.45, 2.75) is 15.0 Å². The predicted molar refractivity (Wildman–Crippen MR) is 130 cm³/mol. The Labute approximate surface area is 203 Å². The van der Waals surface area contributed by atoms with Crippen LogP contribution in [0.5, 0.6) is 0 Å². The van der Waals surface area contributed by atoms with E-state index >= 15 is 0 Å². The fourth-order valence-electron chi connectivity index (χ4n) is 3.00. The van der Waals surface area contributed by atoms with E-state index in [1.807, 2.05) is 12.1 Å². The van der Waals surface area contributed by atoms with Gasteiger partial charge in [0.15, 0.2) is 4.34 Å². The van der Waals surface area contributed by atoms with Gasteiger partial charge in [0, 0.05) is 21.4 Å². The second-order valence-electron chi connectivity index (χ2n) is 6.80. The molecule has 0 unspecified atom stereocenters. The van der Waals surface area contributed by atoms with Gasteiger partial charge in [0.25, 0.3) is 0 Å². The summed E-state index contributed by atoms with van der Waals surface area (Å²) in [5.41, 5.74) is 3.19. The van der Waals surface area contributed by atoms with Gasteiger partial charge in [-0.3, -0.25) is 0 Å². The second-order valence-corrected chi connectivity index (χ2v) is 11.5. The van der Waals surface area contributed by atoms with Crippen molar-refractivity contribution in [3.8, 4) is 21.7 Å². The Hall–Kier alpha value is -1.94. The molecule has 1 heterocycles. The Morgan fingerprint density at radius 1 is 0.938 bits per heavy atom. The van der Waals surface area contributed by atoms with Crippen molar-refractivity contribution < 1.29 is 12.8 Å². The Kier molecular flexibility index (Phi) is 6.90. The Morgan fingerprint density at radius 3 is 2.12 bits per heavy atom. The first-order chi connectivity index (χ1) is 15.2. The van der Waals surface area contributed by atoms with Crippen molar-refractivity contribution in [2.75, 3.05) is 0 Å². The van der Waals surface area contributed by atoms with Gasteiger partial charge in [-0.05, 0) is 65.7 Å². The van der Waals surface area contributed by atoms with Crippen LogP contribution >= 0.6 is 46.3 Å². The molecule has 0 aliphatic carbocycles. The van der Waals surface area contributed by atoms with Gasteiger partial charge in [0.1, 0.15) is 5.82 Å². The zero-order valence-electron chi connectivity index (χ0n) is 16.3. The number of hydrogen-bond donors (Lipinski definition) is 1. The molecule has 0 saturated carbocycles. The molecule has 0 bridgehead atoms. The standard InChI is InChI=1S/C22H15Cl2FN2O2S3/c23-16-9-13(10-17(24)11-16)12-30-22-27-20(14-1-5-18(25)6-2-14)21(31-22)15-3-7-19(8-4-15)32(26,28)29/h1-11H,12H2,(H2,26,28,29). The van der Waals surface area contributed by atoms with Crippen LogP contribution in [-0.4, -0.2) is 13.4 Å². The lowest BCUT2D eigenvalue weighted by Crippen LogP contribution is -2.11. The highest BCUT2D eigenvalue weighted by molar-refractivity contribution is 8.00. The molecule has 0 aliphatic heterocycles. The molecule has 0 saturated heterocycles. The number of nitrogens with zero attached hydrogens (tertiary/aromatic N) is 1. The fourth-order valence-corrected chi connectivity index (χ4v) is 6.18. The number of hydrogen-bond acceptors (Lipinski definition) is 5. The number of halogens is 3. The van der Waals surface area contributed by atoms with Crippen LogP contribution < -0.4 is 5.14 Å². The van der Waals surface area contributed by atoms with E-state index in [-0.39, 0.29) is 10.7 Å². The van der Waals surface area contributed by atoms with Gasteiger partial charge >= 0.3 is 0 Å². The second kappa shape index (κ2) is 9.51. The SMILES string of the molecule is NS(=O)(=O)c1ccc(-c2sc(SCc3cc(Cl)cc(Cl)c3)nc2-c2ccc(F)cc2)cc1. The van der Waals surface area contributed by atoms with E-state index in [4.69, 9.17) is 33.3 Å². The molecular weight excluding hydrogens is 510 g/mol. The summed E-state index contributed by atoms with van der Waals surface area (Å²) in [5.74, 6) is 0.274. The molecule has 1 aromatic heterocycles. The summed E-state index contributed by atoms with van der Waals surface area (Å²) in [6, 6.07) is 17.7. The number of thiazole rings is 1. The molecule has 164 valence electrons. The van der Waals surface area contributed by atoms with Gasteiger partial charge in [0.05, 0.1) is 15.5 Å². The van der Waals surface area contributed by atoms with Crippen LogP contribution in [-0.2, 0) is 15.8 Å². The number of thioether (sulfide) groups is 1. The lowest BCUT2D eigenvalue weighted by atomic mass is 10.1. The number of aromatic nitrogens is 1. The molecule has 4 nitrogen and oxygen atoms in total. The molecule has 0 aliphatic rings. The zero-order chi connectivity index (χ0) is 22.9. The maximum absolute atomic E-state index is 13.4. The zero-order valence-corrected chi connectivity index (χ0v) is 20.2. The van der Waals surface area contributed by atoms with Crippen molar-refractivity contribution >= 4 is 56.3 Å². The lowest BCUT2D eigenvalue weighted by molar-refractivity contribution is 0.598. The normalized spacial score (nSPS) is 11.6. The smallest absolute Gasteiger partial charge is 0.229 e. The van der Waals surface area contributed by atoms with E-state index in [1.165, 1.54) is 47.4 Å². The van der Waals surface area contributed by atoms with Crippen LogP contribution in [0.15, 0.2) is 76.0 Å². The maximum Gasteiger partial charge on any atom is 0.238 e. The van der Waals surface area contributed by atoms with Gasteiger partial charge in [-0.2, -0.15) is 0 Å². The van der Waals surface area contributed by atoms with Crippen LogP contribution in [0.4, 0.5) is 4.39 Å². The average molecular weight is 525 g/mol. The number of rotatable bonds is 6. The molecule has 2 N–H and O–H groups in total. The summed E-state index contributed by atoms with van der Waals surface area (Å²) >= 11 is 15.2. The molecule has 4 rings (SSSR count). The van der Waals surface area contributed by atoms with Crippen LogP contribution in [0, 0.1) is 5.82 Å². The first-order valence-electron chi connectivity index (χ1n) is 9.17. The van der Waals surface area contributed by atoms with Gasteiger partial charge in [-0.1, -0.05) is 47.1 Å². The van der Waals surface area contributed by atoms with E-state index in [9.17, 15) is 12.8 Å². The lowest BCUT2D eigenvalue weighted by Gasteiger charge is -2.04. The first kappa shape index (κ1) is 23.2. The van der Waals surface area contributed by atoms with Crippen LogP contribution in [0.25, 0.3) is 21.7 Å². The highest BCUT2D eigenvalue weighted by atomic mass is 35.5. The molecule has 0 amide bonds. The van der Waals surface area contributed by atoms with Gasteiger partial charge in [-0.15, -0.1) is 11.3 Å². The minimum atomic E-state index is -3.79. The predicted octanol–water partition coefficient (Wildman–Crippen LogP) is 6.86. The summed E-state index contributed by atoms with van der Waals surface area (Å²) in [7, 11) is -3.79. The van der Waals surface area contributed by atoms with Crippen molar-refractivity contribution in [3.63, 3.8) is 0 Å². The van der Waals surface area contributed by atoms with Gasteiger partial charge in [0.2, 0.25) is 10.0 Å². The summed E-state index contributed by atoms with van der Waals surface area (Å²) in [6.07, 6.45) is 0. The number of primary sulfonamides is 1. The first-order valence-corrected chi connectivity index (χ1v) is 13.3. The van der Waals surface area contributed by atoms with Crippen molar-refractivity contribution in [3.05, 3.63) is 88.2 Å². The molecule has 32 heavy (non-hydrogen) atoms. The average Bonchev–Trinajstić information content (AvgIpc) is 3.16. The summed E-state index contributed by atoms with van der Waals surface area (Å²) in [5, 5.41) is 6.34. The van der Waals surface area contributed by atoms with Crippen LogP contribution in [0.2, 0.25) is 10.0 Å². The largest absolute Gasteiger partial charge is 0.238 e. The minimum Gasteiger partial charge on any atom is -0.229 e. The molecule has 4 aromatic rings. The number of sulfonamides is 1. The number of nitrogens with two attached hydrogens (primary N) is 1. The fraction of sp³-hybridized carbons (Fsp3) is 0.0455. The third-order valence-corrected chi connectivity index (χ3v) is 8.14. The topological polar surface area (TPSA) is 73.1 Å². The third kappa shape index (κ3) is 5.51. The molecule has 0 atom stereocenters. The Morgan fingerprint density at radius 2 is 1.53 bits per heavy atom. The van der Waals surface area contributed by atoms with Crippen molar-refractivity contribution in [2.24, 2.45) is 5.14 Å². The maximum atomic E-state index is 13.4. The molecule has 3 aromatic carbocycles. The van der Waals surface area contributed by atoms with Crippen molar-refractivity contribution in [1.82, 2.24) is 4.98 Å². The monoisotopic (exact) mass is 524 g/mol. The van der Waals surface area contributed by atoms with Crippen LogP contribution in [0.3, 0.4) is 0 Å². The molecular formula is C22H15Cl2FN2O2S3. The van der Waals surface area contributed by atoms with Gasteiger partial charge in [-0.25, -0.2) is 22.9 Å². The molecule has 0 fully saturated rings. The minimum absolute atomic E-state index is 0.0292. The Bertz CT molecular complexity index is 1350. The van der Waals surface area contributed by atoms with E-state index in [0.29, 0.717) is 21.5 Å². The number of benzene rings is 3. The summed E-state index contributed by atoms with van der Waals surface area (Å²) < 4.78 is 37.4. The third-order valence-electron chi connectivity index (χ3n) is 4.45. The summed E-state index contributed by atoms with van der Waals surface area (Å²) in [4.78, 5) is 5.63. The van der Waals surface area contributed by atoms with E-state index in [0.717, 1.165) is 25.9 Å². The van der Waals surface area contributed by atoms with E-state index < -0.39 is 10.0 Å². The Balaban J connectivity index is 1.70.